The summed E-state index contributed by atoms with van der Waals surface area (Å²) >= 11 is 17.1. The van der Waals surface area contributed by atoms with Crippen LogP contribution < -0.4 is 21.5 Å². The average Bonchev–Trinajstić information content (AvgIpc) is 2.66. The van der Waals surface area contributed by atoms with Crippen LogP contribution in [-0.2, 0) is 0 Å². The molecule has 27 heavy (non-hydrogen) atoms. The number of nitrogen functional groups attached to an aromatic ring is 1. The summed E-state index contributed by atoms with van der Waals surface area (Å²) in [6, 6.07) is 17.2. The number of nitrogens with one attached hydrogen (secondary N) is 3. The Morgan fingerprint density at radius 3 is 2.59 bits per heavy atom. The van der Waals surface area contributed by atoms with Gasteiger partial charge >= 0.3 is 0 Å². The number of fused-ring (bicyclic) bond motifs is 1. The summed E-state index contributed by atoms with van der Waals surface area (Å²) in [7, 11) is 0. The van der Waals surface area contributed by atoms with Crippen LogP contribution in [0.15, 0.2) is 54.6 Å². The molecular weight excluding hydrogens is 400 g/mol. The van der Waals surface area contributed by atoms with Crippen LogP contribution in [0.2, 0.25) is 5.02 Å². The summed E-state index contributed by atoms with van der Waals surface area (Å²) in [6.07, 6.45) is 0. The lowest BCUT2D eigenvalue weighted by molar-refractivity contribution is 0.815. The van der Waals surface area contributed by atoms with Crippen molar-refractivity contribution in [3.05, 3.63) is 75.5 Å². The molecule has 9 heteroatoms. The molecule has 0 saturated carbocycles. The van der Waals surface area contributed by atoms with Crippen LogP contribution in [0.25, 0.3) is 0 Å². The first-order chi connectivity index (χ1) is 13.1. The molecule has 1 unspecified atom stereocenters. The fourth-order valence-corrected chi connectivity index (χ4v) is 3.89. The largest absolute Gasteiger partial charge is 0.316 e. The summed E-state index contributed by atoms with van der Waals surface area (Å²) < 4.78 is 0.306. The zero-order chi connectivity index (χ0) is 19.0. The third kappa shape index (κ3) is 3.28. The van der Waals surface area contributed by atoms with Gasteiger partial charge in [-0.2, -0.15) is 0 Å². The van der Waals surface area contributed by atoms with Crippen LogP contribution in [0.4, 0.5) is 17.3 Å². The highest BCUT2D eigenvalue weighted by Crippen LogP contribution is 2.42. The van der Waals surface area contributed by atoms with Gasteiger partial charge in [-0.05, 0) is 48.2 Å². The van der Waals surface area contributed by atoms with Gasteiger partial charge in [0, 0.05) is 10.7 Å². The molecule has 4 rings (SSSR count). The molecule has 1 aromatic heterocycles. The highest BCUT2D eigenvalue weighted by molar-refractivity contribution is 7.80. The number of hydrogen-bond acceptors (Lipinski definition) is 5. The highest BCUT2D eigenvalue weighted by atomic mass is 35.5. The molecule has 1 aliphatic heterocycles. The summed E-state index contributed by atoms with van der Waals surface area (Å²) in [5, 5.41) is 4.28. The van der Waals surface area contributed by atoms with Crippen molar-refractivity contribution in [1.29, 1.82) is 0 Å². The molecule has 0 aliphatic carbocycles. The van der Waals surface area contributed by atoms with Gasteiger partial charge in [0.1, 0.15) is 11.6 Å². The first-order valence-corrected chi connectivity index (χ1v) is 9.29. The lowest BCUT2D eigenvalue weighted by Gasteiger charge is -2.39. The Labute approximate surface area is 171 Å². The zero-order valence-electron chi connectivity index (χ0n) is 13.9. The van der Waals surface area contributed by atoms with E-state index in [2.05, 4.69) is 20.7 Å². The van der Waals surface area contributed by atoms with Crippen LogP contribution in [-0.4, -0.2) is 15.1 Å². The first kappa shape index (κ1) is 17.9. The van der Waals surface area contributed by atoms with Crippen molar-refractivity contribution in [3.63, 3.8) is 0 Å². The van der Waals surface area contributed by atoms with E-state index in [4.69, 9.17) is 41.9 Å². The zero-order valence-corrected chi connectivity index (χ0v) is 16.3. The number of aromatic amines is 1. The second-order valence-electron chi connectivity index (χ2n) is 5.92. The molecule has 0 fully saturated rings. The SMILES string of the molecule is NNc1[nH]c(=S)nc2c1C(c1ccccc1)N(c1cccc(Cl)c1)C(=S)N2. The molecule has 6 nitrogen and oxygen atoms in total. The van der Waals surface area contributed by atoms with Crippen molar-refractivity contribution in [3.8, 4) is 0 Å². The summed E-state index contributed by atoms with van der Waals surface area (Å²) in [6.45, 7) is 0. The Balaban J connectivity index is 2.00. The summed E-state index contributed by atoms with van der Waals surface area (Å²) in [4.78, 5) is 9.41. The minimum absolute atomic E-state index is 0.279. The number of rotatable bonds is 3. The van der Waals surface area contributed by atoms with E-state index in [-0.39, 0.29) is 6.04 Å². The summed E-state index contributed by atoms with van der Waals surface area (Å²) in [5.41, 5.74) is 5.38. The van der Waals surface area contributed by atoms with Gasteiger partial charge in [0.05, 0.1) is 11.6 Å². The number of hydrazine groups is 1. The van der Waals surface area contributed by atoms with Crippen LogP contribution in [0, 0.1) is 4.77 Å². The highest BCUT2D eigenvalue weighted by Gasteiger charge is 2.36. The lowest BCUT2D eigenvalue weighted by atomic mass is 9.95. The molecule has 0 saturated heterocycles. The monoisotopic (exact) mass is 414 g/mol. The molecular formula is C18H15ClN6S2. The van der Waals surface area contributed by atoms with E-state index >= 15 is 0 Å². The minimum atomic E-state index is -0.279. The third-order valence-corrected chi connectivity index (χ3v) is 5.02. The number of anilines is 3. The van der Waals surface area contributed by atoms with Gasteiger partial charge in [-0.1, -0.05) is 48.0 Å². The van der Waals surface area contributed by atoms with Gasteiger partial charge in [-0.25, -0.2) is 10.8 Å². The second-order valence-corrected chi connectivity index (χ2v) is 7.13. The molecule has 2 aromatic carbocycles. The maximum absolute atomic E-state index is 6.23. The van der Waals surface area contributed by atoms with E-state index in [0.717, 1.165) is 16.8 Å². The second kappa shape index (κ2) is 7.24. The van der Waals surface area contributed by atoms with Crippen molar-refractivity contribution >= 4 is 58.5 Å². The van der Waals surface area contributed by atoms with Gasteiger partial charge in [-0.3, -0.25) is 0 Å². The van der Waals surface area contributed by atoms with Crippen molar-refractivity contribution in [2.24, 2.45) is 5.84 Å². The quantitative estimate of drug-likeness (QED) is 0.287. The van der Waals surface area contributed by atoms with Gasteiger partial charge in [0.15, 0.2) is 9.88 Å². The Kier molecular flexibility index (Phi) is 4.79. The molecule has 5 N–H and O–H groups in total. The van der Waals surface area contributed by atoms with E-state index in [9.17, 15) is 0 Å². The van der Waals surface area contributed by atoms with Crippen LogP contribution in [0.3, 0.4) is 0 Å². The standard InChI is InChI=1S/C18H15ClN6S2/c19-11-7-4-8-12(9-11)25-14(10-5-2-1-3-6-10)13-15(23-18(25)27)21-17(26)22-16(13)24-20/h1-9,14H,20H2,(H3,21,22,23,24,26,27). The van der Waals surface area contributed by atoms with Crippen LogP contribution >= 0.6 is 36.0 Å². The molecule has 0 spiro atoms. The number of aromatic nitrogens is 2. The number of H-pyrrole nitrogens is 1. The molecule has 1 aliphatic rings. The Morgan fingerprint density at radius 1 is 1.11 bits per heavy atom. The van der Waals surface area contributed by atoms with Crippen molar-refractivity contribution < 1.29 is 0 Å². The Morgan fingerprint density at radius 2 is 1.89 bits per heavy atom. The number of benzene rings is 2. The number of thiocarbonyl (C=S) groups is 1. The normalized spacial score (nSPS) is 15.9. The van der Waals surface area contributed by atoms with E-state index in [1.807, 2.05) is 59.5 Å². The smallest absolute Gasteiger partial charge is 0.200 e. The molecule has 1 atom stereocenters. The average molecular weight is 415 g/mol. The van der Waals surface area contributed by atoms with Gasteiger partial charge in [-0.15, -0.1) is 0 Å². The topological polar surface area (TPSA) is 82.0 Å². The molecule has 136 valence electrons. The molecule has 0 bridgehead atoms. The molecule has 0 radical (unpaired) electrons. The Bertz CT molecular complexity index is 1070. The number of nitrogens with zero attached hydrogens (tertiary/aromatic N) is 2. The van der Waals surface area contributed by atoms with Crippen molar-refractivity contribution in [2.75, 3.05) is 15.6 Å². The first-order valence-electron chi connectivity index (χ1n) is 8.10. The number of nitrogens with two attached hydrogens (primary N) is 1. The van der Waals surface area contributed by atoms with Crippen molar-refractivity contribution in [2.45, 2.75) is 6.04 Å². The van der Waals surface area contributed by atoms with Crippen molar-refractivity contribution in [1.82, 2.24) is 9.97 Å². The van der Waals surface area contributed by atoms with E-state index in [1.54, 1.807) is 0 Å². The fourth-order valence-electron chi connectivity index (χ4n) is 3.21. The Hall–Kier alpha value is -2.52. The number of hydrogen-bond donors (Lipinski definition) is 4. The minimum Gasteiger partial charge on any atom is -0.316 e. The maximum atomic E-state index is 6.23. The van der Waals surface area contributed by atoms with Gasteiger partial charge in [0.2, 0.25) is 0 Å². The van der Waals surface area contributed by atoms with E-state index in [0.29, 0.717) is 26.5 Å². The predicted molar refractivity (Wildman–Crippen MR) is 116 cm³/mol. The molecule has 3 aromatic rings. The fraction of sp³-hybridized carbons (Fsp3) is 0.0556. The lowest BCUT2D eigenvalue weighted by Crippen LogP contribution is -2.44. The maximum Gasteiger partial charge on any atom is 0.200 e. The summed E-state index contributed by atoms with van der Waals surface area (Å²) in [5.74, 6) is 6.91. The van der Waals surface area contributed by atoms with Gasteiger partial charge in [0.25, 0.3) is 0 Å². The predicted octanol–water partition coefficient (Wildman–Crippen LogP) is 4.38. The van der Waals surface area contributed by atoms with Crippen LogP contribution in [0.5, 0.6) is 0 Å². The third-order valence-electron chi connectivity index (χ3n) is 4.29. The van der Waals surface area contributed by atoms with Gasteiger partial charge < -0.3 is 20.6 Å². The van der Waals surface area contributed by atoms with Crippen LogP contribution in [0.1, 0.15) is 17.2 Å². The van der Waals surface area contributed by atoms with E-state index < -0.39 is 0 Å². The molecule has 2 heterocycles. The molecule has 0 amide bonds. The number of halogens is 1. The van der Waals surface area contributed by atoms with E-state index in [1.165, 1.54) is 0 Å².